The molecule has 1 amide bonds. The van der Waals surface area contributed by atoms with E-state index in [4.69, 9.17) is 9.63 Å². The predicted octanol–water partition coefficient (Wildman–Crippen LogP) is 1.12. The van der Waals surface area contributed by atoms with E-state index in [-0.39, 0.29) is 18.3 Å². The number of aromatic nitrogens is 1. The van der Waals surface area contributed by atoms with Gasteiger partial charge in [-0.25, -0.2) is 0 Å². The summed E-state index contributed by atoms with van der Waals surface area (Å²) in [7, 11) is 0. The van der Waals surface area contributed by atoms with Crippen LogP contribution in [0.25, 0.3) is 0 Å². The molecule has 0 saturated carbocycles. The zero-order valence-electron chi connectivity index (χ0n) is 9.69. The minimum absolute atomic E-state index is 0.149. The number of hydrogen-bond acceptors (Lipinski definition) is 4. The Morgan fingerprint density at radius 1 is 1.69 bits per heavy atom. The van der Waals surface area contributed by atoms with Crippen molar-refractivity contribution in [3.05, 3.63) is 17.5 Å². The van der Waals surface area contributed by atoms with E-state index in [1.165, 1.54) is 0 Å². The molecule has 1 aromatic heterocycles. The molecule has 1 heterocycles. The van der Waals surface area contributed by atoms with Crippen LogP contribution >= 0.6 is 0 Å². The number of nitrogens with zero attached hydrogens (tertiary/aromatic N) is 1. The number of hydrogen-bond donors (Lipinski definition) is 2. The molecule has 1 unspecified atom stereocenters. The Bertz CT molecular complexity index is 336. The van der Waals surface area contributed by atoms with E-state index >= 15 is 0 Å². The number of aliphatic hydroxyl groups is 1. The van der Waals surface area contributed by atoms with Crippen LogP contribution in [0, 0.1) is 12.8 Å². The molecule has 16 heavy (non-hydrogen) atoms. The molecule has 2 N–H and O–H groups in total. The third-order valence-electron chi connectivity index (χ3n) is 2.52. The van der Waals surface area contributed by atoms with Gasteiger partial charge in [-0.2, -0.15) is 0 Å². The molecule has 0 bridgehead atoms. The van der Waals surface area contributed by atoms with Crippen LogP contribution in [0.2, 0.25) is 0 Å². The van der Waals surface area contributed by atoms with E-state index in [1.807, 2.05) is 6.92 Å². The van der Waals surface area contributed by atoms with E-state index in [1.54, 1.807) is 13.0 Å². The van der Waals surface area contributed by atoms with Gasteiger partial charge in [-0.15, -0.1) is 0 Å². The van der Waals surface area contributed by atoms with Gasteiger partial charge in [-0.05, 0) is 19.3 Å². The summed E-state index contributed by atoms with van der Waals surface area (Å²) in [6.07, 6.45) is 1.63. The molecule has 0 aliphatic heterocycles. The summed E-state index contributed by atoms with van der Waals surface area (Å²) in [6.45, 7) is 4.50. The van der Waals surface area contributed by atoms with Gasteiger partial charge in [-0.1, -0.05) is 18.5 Å². The van der Waals surface area contributed by atoms with Gasteiger partial charge >= 0.3 is 0 Å². The van der Waals surface area contributed by atoms with Gasteiger partial charge in [0.25, 0.3) is 5.91 Å². The molecule has 5 heteroatoms. The van der Waals surface area contributed by atoms with E-state index < -0.39 is 0 Å². The molecule has 0 fully saturated rings. The molecule has 1 atom stereocenters. The minimum atomic E-state index is -0.253. The summed E-state index contributed by atoms with van der Waals surface area (Å²) >= 11 is 0. The average Bonchev–Trinajstić information content (AvgIpc) is 2.70. The molecule has 0 spiro atoms. The quantitative estimate of drug-likeness (QED) is 0.762. The first-order valence-electron chi connectivity index (χ1n) is 5.49. The topological polar surface area (TPSA) is 75.4 Å². The third-order valence-corrected chi connectivity index (χ3v) is 2.52. The zero-order valence-corrected chi connectivity index (χ0v) is 9.69. The van der Waals surface area contributed by atoms with Crippen LogP contribution in [0.3, 0.4) is 0 Å². The number of rotatable bonds is 6. The lowest BCUT2D eigenvalue weighted by molar-refractivity contribution is 0.0906. The lowest BCUT2D eigenvalue weighted by Gasteiger charge is -2.13. The van der Waals surface area contributed by atoms with Gasteiger partial charge in [0.2, 0.25) is 5.76 Å². The van der Waals surface area contributed by atoms with Gasteiger partial charge in [0, 0.05) is 19.2 Å². The molecule has 1 rings (SSSR count). The molecule has 0 saturated heterocycles. The van der Waals surface area contributed by atoms with Gasteiger partial charge in [0.05, 0.1) is 5.69 Å². The first-order chi connectivity index (χ1) is 7.67. The first kappa shape index (κ1) is 12.7. The Morgan fingerprint density at radius 3 is 2.94 bits per heavy atom. The molecule has 0 aliphatic carbocycles. The third kappa shape index (κ3) is 3.66. The molecule has 5 nitrogen and oxygen atoms in total. The summed E-state index contributed by atoms with van der Waals surface area (Å²) in [4.78, 5) is 11.6. The van der Waals surface area contributed by atoms with Crippen LogP contribution in [0.15, 0.2) is 10.6 Å². The molecular formula is C11H18N2O3. The number of carbonyl (C=O) groups excluding carboxylic acids is 1. The maximum atomic E-state index is 11.6. The highest BCUT2D eigenvalue weighted by Crippen LogP contribution is 2.07. The predicted molar refractivity (Wildman–Crippen MR) is 59.1 cm³/mol. The largest absolute Gasteiger partial charge is 0.396 e. The summed E-state index contributed by atoms with van der Waals surface area (Å²) in [5.41, 5.74) is 0.688. The van der Waals surface area contributed by atoms with Crippen molar-refractivity contribution in [3.8, 4) is 0 Å². The highest BCUT2D eigenvalue weighted by atomic mass is 16.5. The SMILES string of the molecule is CCC(CCO)CNC(=O)c1cc(C)no1. The number of aliphatic hydroxyl groups excluding tert-OH is 1. The Balaban J connectivity index is 2.40. The van der Waals surface area contributed by atoms with E-state index in [2.05, 4.69) is 10.5 Å². The van der Waals surface area contributed by atoms with Gasteiger partial charge in [-0.3, -0.25) is 4.79 Å². The van der Waals surface area contributed by atoms with Crippen LogP contribution in [-0.2, 0) is 0 Å². The lowest BCUT2D eigenvalue weighted by atomic mass is 10.0. The first-order valence-corrected chi connectivity index (χ1v) is 5.49. The second-order valence-electron chi connectivity index (χ2n) is 3.83. The Labute approximate surface area is 94.8 Å². The fourth-order valence-electron chi connectivity index (χ4n) is 1.43. The molecular weight excluding hydrogens is 208 g/mol. The highest BCUT2D eigenvalue weighted by molar-refractivity contribution is 5.91. The molecule has 0 radical (unpaired) electrons. The maximum Gasteiger partial charge on any atom is 0.289 e. The minimum Gasteiger partial charge on any atom is -0.396 e. The summed E-state index contributed by atoms with van der Waals surface area (Å²) in [5, 5.41) is 15.2. The number of carbonyl (C=O) groups is 1. The van der Waals surface area contributed by atoms with Crippen LogP contribution in [-0.4, -0.2) is 29.3 Å². The molecule has 0 aromatic carbocycles. The van der Waals surface area contributed by atoms with Crippen LogP contribution in [0.5, 0.6) is 0 Å². The van der Waals surface area contributed by atoms with Crippen LogP contribution < -0.4 is 5.32 Å². The monoisotopic (exact) mass is 226 g/mol. The van der Waals surface area contributed by atoms with E-state index in [0.717, 1.165) is 6.42 Å². The smallest absolute Gasteiger partial charge is 0.289 e. The molecule has 0 aliphatic rings. The maximum absolute atomic E-state index is 11.6. The van der Waals surface area contributed by atoms with Crippen molar-refractivity contribution < 1.29 is 14.4 Å². The van der Waals surface area contributed by atoms with Gasteiger partial charge in [0.1, 0.15) is 0 Å². The van der Waals surface area contributed by atoms with Crippen molar-refractivity contribution in [2.45, 2.75) is 26.7 Å². The van der Waals surface area contributed by atoms with Crippen molar-refractivity contribution >= 4 is 5.91 Å². The second kappa shape index (κ2) is 6.27. The normalized spacial score (nSPS) is 12.4. The molecule has 90 valence electrons. The summed E-state index contributed by atoms with van der Waals surface area (Å²) < 4.78 is 4.84. The van der Waals surface area contributed by atoms with Crippen molar-refractivity contribution in [2.24, 2.45) is 5.92 Å². The Hall–Kier alpha value is -1.36. The van der Waals surface area contributed by atoms with Crippen molar-refractivity contribution in [2.75, 3.05) is 13.2 Å². The fraction of sp³-hybridized carbons (Fsp3) is 0.636. The second-order valence-corrected chi connectivity index (χ2v) is 3.83. The fourth-order valence-corrected chi connectivity index (χ4v) is 1.43. The average molecular weight is 226 g/mol. The highest BCUT2D eigenvalue weighted by Gasteiger charge is 2.13. The Kier molecular flexibility index (Phi) is 4.98. The standard InChI is InChI=1S/C11H18N2O3/c1-3-9(4-5-14)7-12-11(15)10-6-8(2)13-16-10/h6,9,14H,3-5,7H2,1-2H3,(H,12,15). The number of aryl methyl sites for hydroxylation is 1. The van der Waals surface area contributed by atoms with E-state index in [9.17, 15) is 4.79 Å². The van der Waals surface area contributed by atoms with Crippen molar-refractivity contribution in [3.63, 3.8) is 0 Å². The summed E-state index contributed by atoms with van der Waals surface area (Å²) in [5.74, 6) is 0.284. The van der Waals surface area contributed by atoms with Crippen molar-refractivity contribution in [1.29, 1.82) is 0 Å². The van der Waals surface area contributed by atoms with Crippen LogP contribution in [0.4, 0.5) is 0 Å². The molecule has 1 aromatic rings. The van der Waals surface area contributed by atoms with Crippen molar-refractivity contribution in [1.82, 2.24) is 10.5 Å². The lowest BCUT2D eigenvalue weighted by Crippen LogP contribution is -2.29. The zero-order chi connectivity index (χ0) is 12.0. The Morgan fingerprint density at radius 2 is 2.44 bits per heavy atom. The van der Waals surface area contributed by atoms with Crippen LogP contribution in [0.1, 0.15) is 36.0 Å². The van der Waals surface area contributed by atoms with Gasteiger partial charge < -0.3 is 14.9 Å². The number of amides is 1. The number of nitrogens with one attached hydrogen (secondary N) is 1. The van der Waals surface area contributed by atoms with E-state index in [0.29, 0.717) is 24.6 Å². The van der Waals surface area contributed by atoms with Gasteiger partial charge in [0.15, 0.2) is 0 Å². The summed E-state index contributed by atoms with van der Waals surface area (Å²) in [6, 6.07) is 1.60.